The number of carbonyl (C=O) groups excluding carboxylic acids is 1. The van der Waals surface area contributed by atoms with Crippen molar-refractivity contribution in [1.29, 1.82) is 0 Å². The van der Waals surface area contributed by atoms with E-state index in [1.165, 1.54) is 11.3 Å². The average molecular weight is 472 g/mol. The van der Waals surface area contributed by atoms with E-state index in [1.807, 2.05) is 39.0 Å². The molecular weight excluding hydrogens is 446 g/mol. The quantitative estimate of drug-likeness (QED) is 0.537. The van der Waals surface area contributed by atoms with Crippen molar-refractivity contribution < 1.29 is 22.7 Å². The highest BCUT2D eigenvalue weighted by atomic mass is 32.2. The Balaban J connectivity index is 1.78. The molecule has 4 rings (SSSR count). The lowest BCUT2D eigenvalue weighted by Crippen LogP contribution is -2.23. The second-order valence-corrected chi connectivity index (χ2v) is 10.9. The third-order valence-electron chi connectivity index (χ3n) is 5.33. The fraction of sp³-hybridized carbons (Fsp3) is 0.292. The largest absolute Gasteiger partial charge is 0.493 e. The highest BCUT2D eigenvalue weighted by Gasteiger charge is 2.34. The van der Waals surface area contributed by atoms with Gasteiger partial charge in [-0.2, -0.15) is 0 Å². The molecule has 1 atom stereocenters. The number of carbonyl (C=O) groups is 1. The van der Waals surface area contributed by atoms with E-state index in [0.717, 1.165) is 16.0 Å². The molecule has 0 bridgehead atoms. The van der Waals surface area contributed by atoms with Crippen LogP contribution in [0, 0.1) is 6.92 Å². The lowest BCUT2D eigenvalue weighted by atomic mass is 9.90. The molecule has 3 aromatic rings. The van der Waals surface area contributed by atoms with Crippen molar-refractivity contribution in [3.63, 3.8) is 0 Å². The molecule has 0 unspecified atom stereocenters. The zero-order chi connectivity index (χ0) is 23.0. The zero-order valence-electron chi connectivity index (χ0n) is 18.3. The minimum Gasteiger partial charge on any atom is -0.493 e. The summed E-state index contributed by atoms with van der Waals surface area (Å²) in [5.74, 6) is 0.711. The summed E-state index contributed by atoms with van der Waals surface area (Å²) in [7, 11) is -2.19. The van der Waals surface area contributed by atoms with E-state index >= 15 is 0 Å². The predicted molar refractivity (Wildman–Crippen MR) is 125 cm³/mol. The number of hydrogen-bond donors (Lipinski definition) is 1. The summed E-state index contributed by atoms with van der Waals surface area (Å²) in [6.45, 7) is 5.76. The van der Waals surface area contributed by atoms with Gasteiger partial charge >= 0.3 is 0 Å². The van der Waals surface area contributed by atoms with Crippen LogP contribution in [0.4, 0.5) is 5.69 Å². The Morgan fingerprint density at radius 3 is 2.47 bits per heavy atom. The molecule has 0 radical (unpaired) electrons. The Kier molecular flexibility index (Phi) is 6.01. The lowest BCUT2D eigenvalue weighted by molar-refractivity contribution is -0.116. The zero-order valence-corrected chi connectivity index (χ0v) is 20.0. The van der Waals surface area contributed by atoms with Crippen molar-refractivity contribution >= 4 is 32.8 Å². The molecule has 6 nitrogen and oxygen atoms in total. The summed E-state index contributed by atoms with van der Waals surface area (Å²) in [6.07, 6.45) is 0.183. The number of methoxy groups -OCH3 is 1. The maximum atomic E-state index is 13.3. The first-order valence-electron chi connectivity index (χ1n) is 10.3. The molecule has 168 valence electrons. The fourth-order valence-electron chi connectivity index (χ4n) is 3.77. The average Bonchev–Trinajstić information content (AvgIpc) is 3.17. The van der Waals surface area contributed by atoms with E-state index in [-0.39, 0.29) is 34.1 Å². The van der Waals surface area contributed by atoms with Gasteiger partial charge in [-0.15, -0.1) is 11.3 Å². The van der Waals surface area contributed by atoms with Crippen LogP contribution < -0.4 is 14.8 Å². The van der Waals surface area contributed by atoms with Crippen LogP contribution in [-0.2, 0) is 14.6 Å². The first kappa shape index (κ1) is 22.4. The van der Waals surface area contributed by atoms with E-state index in [0.29, 0.717) is 17.2 Å². The number of benzene rings is 2. The molecule has 0 saturated heterocycles. The van der Waals surface area contributed by atoms with Gasteiger partial charge in [-0.25, -0.2) is 8.42 Å². The minimum absolute atomic E-state index is 0.0441. The summed E-state index contributed by atoms with van der Waals surface area (Å²) >= 11 is 1.35. The molecule has 1 amide bonds. The van der Waals surface area contributed by atoms with Crippen LogP contribution in [0.25, 0.3) is 0 Å². The van der Waals surface area contributed by atoms with Gasteiger partial charge in [0.2, 0.25) is 15.7 Å². The number of anilines is 1. The first-order chi connectivity index (χ1) is 15.2. The molecule has 0 fully saturated rings. The molecule has 2 aromatic carbocycles. The van der Waals surface area contributed by atoms with E-state index in [2.05, 4.69) is 5.32 Å². The molecule has 1 aliphatic heterocycles. The summed E-state index contributed by atoms with van der Waals surface area (Å²) in [5.41, 5.74) is 2.22. The van der Waals surface area contributed by atoms with Crippen molar-refractivity contribution in [1.82, 2.24) is 0 Å². The number of sulfone groups is 1. The smallest absolute Gasteiger partial charge is 0.225 e. The van der Waals surface area contributed by atoms with E-state index in [9.17, 15) is 13.2 Å². The van der Waals surface area contributed by atoms with Crippen LogP contribution in [0.1, 0.15) is 42.2 Å². The molecule has 1 aliphatic rings. The molecular formula is C24H25NO5S2. The van der Waals surface area contributed by atoms with Gasteiger partial charge in [-0.05, 0) is 50.6 Å². The summed E-state index contributed by atoms with van der Waals surface area (Å²) in [4.78, 5) is 13.7. The molecule has 0 aliphatic carbocycles. The maximum Gasteiger partial charge on any atom is 0.225 e. The number of thiophene rings is 1. The topological polar surface area (TPSA) is 81.7 Å². The second kappa shape index (κ2) is 8.60. The number of rotatable bonds is 6. The number of aryl methyl sites for hydroxylation is 1. The summed E-state index contributed by atoms with van der Waals surface area (Å²) in [5, 5.41) is 4.42. The van der Waals surface area contributed by atoms with Gasteiger partial charge in [0.25, 0.3) is 0 Å². The standard InChI is InChI=1S/C24H25NO5S2/c1-14(2)30-20-11-16(7-10-19(20)29-4)18-12-22(26)25-23-21(13-31-24(18)23)32(27,28)17-8-5-15(3)6-9-17/h5-11,13-14,18H,12H2,1-4H3,(H,25,26)/t18-/m1/s1. The normalized spacial score (nSPS) is 15.9. The van der Waals surface area contributed by atoms with Gasteiger partial charge in [0.1, 0.15) is 4.90 Å². The van der Waals surface area contributed by atoms with Gasteiger partial charge in [0.05, 0.1) is 23.8 Å². The number of hydrogen-bond acceptors (Lipinski definition) is 6. The Morgan fingerprint density at radius 2 is 1.81 bits per heavy atom. The van der Waals surface area contributed by atoms with Crippen molar-refractivity contribution in [2.45, 2.75) is 49.0 Å². The fourth-order valence-corrected chi connectivity index (χ4v) is 6.68. The van der Waals surface area contributed by atoms with E-state index < -0.39 is 9.84 Å². The van der Waals surface area contributed by atoms with Crippen molar-refractivity contribution in [3.8, 4) is 11.5 Å². The van der Waals surface area contributed by atoms with E-state index in [1.54, 1.807) is 36.8 Å². The van der Waals surface area contributed by atoms with Gasteiger partial charge in [-0.3, -0.25) is 4.79 Å². The van der Waals surface area contributed by atoms with Gasteiger partial charge < -0.3 is 14.8 Å². The van der Waals surface area contributed by atoms with Crippen LogP contribution in [0.15, 0.2) is 57.6 Å². The molecule has 32 heavy (non-hydrogen) atoms. The highest BCUT2D eigenvalue weighted by molar-refractivity contribution is 7.91. The molecule has 1 aromatic heterocycles. The number of ether oxygens (including phenoxy) is 2. The third-order valence-corrected chi connectivity index (χ3v) is 8.37. The first-order valence-corrected chi connectivity index (χ1v) is 12.6. The Bertz CT molecular complexity index is 1260. The molecule has 8 heteroatoms. The number of nitrogens with one attached hydrogen (secondary N) is 1. The van der Waals surface area contributed by atoms with Crippen molar-refractivity contribution in [3.05, 3.63) is 63.8 Å². The predicted octanol–water partition coefficient (Wildman–Crippen LogP) is 5.16. The van der Waals surface area contributed by atoms with Crippen LogP contribution in [-0.4, -0.2) is 27.5 Å². The summed E-state index contributed by atoms with van der Waals surface area (Å²) in [6, 6.07) is 12.3. The minimum atomic E-state index is -3.77. The van der Waals surface area contributed by atoms with Crippen LogP contribution >= 0.6 is 11.3 Å². The van der Waals surface area contributed by atoms with E-state index in [4.69, 9.17) is 9.47 Å². The maximum absolute atomic E-state index is 13.3. The highest BCUT2D eigenvalue weighted by Crippen LogP contribution is 2.47. The molecule has 0 spiro atoms. The Morgan fingerprint density at radius 1 is 1.09 bits per heavy atom. The van der Waals surface area contributed by atoms with Gasteiger partial charge in [-0.1, -0.05) is 23.8 Å². The van der Waals surface area contributed by atoms with Crippen LogP contribution in [0.3, 0.4) is 0 Å². The van der Waals surface area contributed by atoms with Crippen molar-refractivity contribution in [2.24, 2.45) is 0 Å². The molecule has 1 N–H and O–H groups in total. The van der Waals surface area contributed by atoms with Crippen LogP contribution in [0.2, 0.25) is 0 Å². The Hall–Kier alpha value is -2.84. The molecule has 2 heterocycles. The van der Waals surface area contributed by atoms with Gasteiger partial charge in [0.15, 0.2) is 11.5 Å². The van der Waals surface area contributed by atoms with Gasteiger partial charge in [0, 0.05) is 22.6 Å². The molecule has 0 saturated carbocycles. The van der Waals surface area contributed by atoms with Crippen molar-refractivity contribution in [2.75, 3.05) is 12.4 Å². The second-order valence-electron chi connectivity index (χ2n) is 8.04. The number of fused-ring (bicyclic) bond motifs is 1. The lowest BCUT2D eigenvalue weighted by Gasteiger charge is -2.25. The van der Waals surface area contributed by atoms with Crippen LogP contribution in [0.5, 0.6) is 11.5 Å². The number of amides is 1. The third kappa shape index (κ3) is 4.12. The SMILES string of the molecule is COc1ccc([C@H]2CC(=O)Nc3c(S(=O)(=O)c4ccc(C)cc4)csc32)cc1OC(C)C. The Labute approximate surface area is 192 Å². The summed E-state index contributed by atoms with van der Waals surface area (Å²) < 4.78 is 37.9. The monoisotopic (exact) mass is 471 g/mol.